The van der Waals surface area contributed by atoms with Gasteiger partial charge in [0.15, 0.2) is 0 Å². The van der Waals surface area contributed by atoms with Crippen LogP contribution in [0, 0.1) is 12.7 Å². The summed E-state index contributed by atoms with van der Waals surface area (Å²) in [5, 5.41) is 0. The second-order valence-electron chi connectivity index (χ2n) is 4.68. The molecule has 1 unspecified atom stereocenters. The van der Waals surface area contributed by atoms with Gasteiger partial charge in [-0.15, -0.1) is 0 Å². The van der Waals surface area contributed by atoms with Crippen LogP contribution in [-0.4, -0.2) is 0 Å². The number of rotatable bonds is 4. The van der Waals surface area contributed by atoms with Crippen LogP contribution in [0.1, 0.15) is 22.7 Å². The van der Waals surface area contributed by atoms with Crippen molar-refractivity contribution in [1.29, 1.82) is 0 Å². The summed E-state index contributed by atoms with van der Waals surface area (Å²) < 4.78 is 14.8. The average molecular weight is 402 g/mol. The molecule has 0 aromatic heterocycles. The minimum Gasteiger partial charge on any atom is -0.271 e. The van der Waals surface area contributed by atoms with Gasteiger partial charge in [-0.05, 0) is 64.2 Å². The average Bonchev–Trinajstić information content (AvgIpc) is 2.43. The van der Waals surface area contributed by atoms with Crippen molar-refractivity contribution >= 4 is 31.9 Å². The zero-order valence-electron chi connectivity index (χ0n) is 11.0. The molecule has 0 aliphatic rings. The topological polar surface area (TPSA) is 38.0 Å². The first-order valence-electron chi connectivity index (χ1n) is 6.17. The van der Waals surface area contributed by atoms with Crippen LogP contribution in [0.4, 0.5) is 4.39 Å². The minimum atomic E-state index is -0.259. The summed E-state index contributed by atoms with van der Waals surface area (Å²) >= 11 is 6.69. The minimum absolute atomic E-state index is 0.0147. The molecular formula is C15H15Br2FN2. The molecule has 0 radical (unpaired) electrons. The molecule has 0 saturated heterocycles. The van der Waals surface area contributed by atoms with Crippen molar-refractivity contribution in [2.24, 2.45) is 5.84 Å². The fraction of sp³-hybridized carbons (Fsp3) is 0.200. The Labute approximate surface area is 134 Å². The van der Waals surface area contributed by atoms with Crippen LogP contribution >= 0.6 is 31.9 Å². The standard InChI is InChI=1S/C15H15Br2FN2/c1-9-6-11(3-4-12(9)16)15(20-19)8-10-2-5-14(18)13(17)7-10/h2-7,15,20H,8,19H2,1H3. The molecule has 2 aromatic rings. The fourth-order valence-corrected chi connectivity index (χ4v) is 2.73. The Bertz CT molecular complexity index is 617. The first-order valence-corrected chi connectivity index (χ1v) is 7.76. The van der Waals surface area contributed by atoms with Crippen LogP contribution in [0.15, 0.2) is 45.3 Å². The van der Waals surface area contributed by atoms with Crippen molar-refractivity contribution in [1.82, 2.24) is 5.43 Å². The van der Waals surface area contributed by atoms with E-state index < -0.39 is 0 Å². The van der Waals surface area contributed by atoms with E-state index in [0.717, 1.165) is 21.2 Å². The van der Waals surface area contributed by atoms with E-state index in [1.54, 1.807) is 12.1 Å². The maximum atomic E-state index is 13.2. The number of benzene rings is 2. The van der Waals surface area contributed by atoms with Gasteiger partial charge in [0.05, 0.1) is 4.47 Å². The van der Waals surface area contributed by atoms with Gasteiger partial charge >= 0.3 is 0 Å². The predicted molar refractivity (Wildman–Crippen MR) is 86.7 cm³/mol. The first-order chi connectivity index (χ1) is 9.51. The maximum absolute atomic E-state index is 13.2. The highest BCUT2D eigenvalue weighted by atomic mass is 79.9. The van der Waals surface area contributed by atoms with Crippen LogP contribution in [0.3, 0.4) is 0 Å². The van der Waals surface area contributed by atoms with Crippen molar-refractivity contribution in [2.45, 2.75) is 19.4 Å². The smallest absolute Gasteiger partial charge is 0.137 e. The Morgan fingerprint density at radius 1 is 1.15 bits per heavy atom. The predicted octanol–water partition coefficient (Wildman–Crippen LogP) is 4.41. The third kappa shape index (κ3) is 3.67. The van der Waals surface area contributed by atoms with Gasteiger partial charge in [0.1, 0.15) is 5.82 Å². The summed E-state index contributed by atoms with van der Waals surface area (Å²) in [6.07, 6.45) is 0.691. The molecule has 0 aliphatic heterocycles. The Kier molecular flexibility index (Phi) is 5.32. The van der Waals surface area contributed by atoms with E-state index >= 15 is 0 Å². The summed E-state index contributed by atoms with van der Waals surface area (Å²) in [6, 6.07) is 11.1. The zero-order chi connectivity index (χ0) is 14.7. The van der Waals surface area contributed by atoms with Crippen LogP contribution in [0.25, 0.3) is 0 Å². The van der Waals surface area contributed by atoms with Gasteiger partial charge in [-0.25, -0.2) is 4.39 Å². The fourth-order valence-electron chi connectivity index (χ4n) is 2.06. The van der Waals surface area contributed by atoms with Gasteiger partial charge in [0, 0.05) is 10.5 Å². The Hall–Kier alpha value is -0.750. The largest absolute Gasteiger partial charge is 0.271 e. The van der Waals surface area contributed by atoms with E-state index in [2.05, 4.69) is 43.4 Å². The maximum Gasteiger partial charge on any atom is 0.137 e. The van der Waals surface area contributed by atoms with Crippen LogP contribution in [-0.2, 0) is 6.42 Å². The van der Waals surface area contributed by atoms with Crippen molar-refractivity contribution in [3.05, 3.63) is 67.9 Å². The van der Waals surface area contributed by atoms with Crippen LogP contribution < -0.4 is 11.3 Å². The number of nitrogens with one attached hydrogen (secondary N) is 1. The molecule has 0 bridgehead atoms. The molecule has 0 amide bonds. The van der Waals surface area contributed by atoms with Gasteiger partial charge in [0.25, 0.3) is 0 Å². The highest BCUT2D eigenvalue weighted by Gasteiger charge is 2.12. The molecule has 106 valence electrons. The number of hydrogen-bond acceptors (Lipinski definition) is 2. The van der Waals surface area contributed by atoms with E-state index in [4.69, 9.17) is 5.84 Å². The van der Waals surface area contributed by atoms with E-state index in [1.807, 2.05) is 19.1 Å². The van der Waals surface area contributed by atoms with Crippen molar-refractivity contribution in [2.75, 3.05) is 0 Å². The molecule has 2 nitrogen and oxygen atoms in total. The number of hydrazine groups is 1. The third-order valence-corrected chi connectivity index (χ3v) is 4.71. The normalized spacial score (nSPS) is 12.4. The molecule has 2 aromatic carbocycles. The summed E-state index contributed by atoms with van der Waals surface area (Å²) in [5.41, 5.74) is 6.10. The summed E-state index contributed by atoms with van der Waals surface area (Å²) in [6.45, 7) is 2.04. The van der Waals surface area contributed by atoms with E-state index in [-0.39, 0.29) is 11.9 Å². The Morgan fingerprint density at radius 3 is 2.50 bits per heavy atom. The first kappa shape index (κ1) is 15.6. The molecule has 1 atom stereocenters. The van der Waals surface area contributed by atoms with Gasteiger partial charge in [-0.1, -0.05) is 34.1 Å². The van der Waals surface area contributed by atoms with Crippen molar-refractivity contribution < 1.29 is 4.39 Å². The highest BCUT2D eigenvalue weighted by molar-refractivity contribution is 9.10. The lowest BCUT2D eigenvalue weighted by molar-refractivity contribution is 0.550. The van der Waals surface area contributed by atoms with E-state index in [1.165, 1.54) is 6.07 Å². The van der Waals surface area contributed by atoms with E-state index in [9.17, 15) is 4.39 Å². The van der Waals surface area contributed by atoms with Crippen LogP contribution in [0.2, 0.25) is 0 Å². The molecule has 0 heterocycles. The Balaban J connectivity index is 2.23. The van der Waals surface area contributed by atoms with Crippen molar-refractivity contribution in [3.63, 3.8) is 0 Å². The number of halogens is 3. The van der Waals surface area contributed by atoms with Gasteiger partial charge in [-0.3, -0.25) is 11.3 Å². The van der Waals surface area contributed by atoms with Crippen LogP contribution in [0.5, 0.6) is 0 Å². The van der Waals surface area contributed by atoms with Gasteiger partial charge in [0.2, 0.25) is 0 Å². The lowest BCUT2D eigenvalue weighted by atomic mass is 9.98. The number of hydrogen-bond donors (Lipinski definition) is 2. The molecule has 20 heavy (non-hydrogen) atoms. The van der Waals surface area contributed by atoms with Gasteiger partial charge in [-0.2, -0.15) is 0 Å². The highest BCUT2D eigenvalue weighted by Crippen LogP contribution is 2.25. The lowest BCUT2D eigenvalue weighted by Crippen LogP contribution is -2.29. The monoisotopic (exact) mass is 400 g/mol. The molecule has 0 fully saturated rings. The number of nitrogens with two attached hydrogens (primary N) is 1. The quantitative estimate of drug-likeness (QED) is 0.588. The molecule has 2 rings (SSSR count). The number of aryl methyl sites for hydroxylation is 1. The van der Waals surface area contributed by atoms with Gasteiger partial charge < -0.3 is 0 Å². The molecule has 0 spiro atoms. The second-order valence-corrected chi connectivity index (χ2v) is 6.39. The SMILES string of the molecule is Cc1cc(C(Cc2ccc(F)c(Br)c2)NN)ccc1Br. The summed E-state index contributed by atoms with van der Waals surface area (Å²) in [7, 11) is 0. The molecule has 0 saturated carbocycles. The zero-order valence-corrected chi connectivity index (χ0v) is 14.1. The van der Waals surface area contributed by atoms with E-state index in [0.29, 0.717) is 10.9 Å². The molecular weight excluding hydrogens is 387 g/mol. The third-order valence-electron chi connectivity index (χ3n) is 3.21. The molecule has 3 N–H and O–H groups in total. The van der Waals surface area contributed by atoms with Crippen molar-refractivity contribution in [3.8, 4) is 0 Å². The summed E-state index contributed by atoms with van der Waals surface area (Å²) in [4.78, 5) is 0. The lowest BCUT2D eigenvalue weighted by Gasteiger charge is -2.17. The Morgan fingerprint density at radius 2 is 1.90 bits per heavy atom. The second kappa shape index (κ2) is 6.80. The molecule has 0 aliphatic carbocycles. The summed E-state index contributed by atoms with van der Waals surface area (Å²) in [5.74, 6) is 5.40. The molecule has 5 heteroatoms.